The molecule has 1 atom stereocenters. The lowest BCUT2D eigenvalue weighted by Gasteiger charge is -2.23. The number of nitrogens with zero attached hydrogens (tertiary/aromatic N) is 2. The summed E-state index contributed by atoms with van der Waals surface area (Å²) < 4.78 is 10.6. The summed E-state index contributed by atoms with van der Waals surface area (Å²) in [6.45, 7) is 5.60. The Bertz CT molecular complexity index is 698. The lowest BCUT2D eigenvalue weighted by atomic mass is 10.1. The molecule has 0 spiro atoms. The van der Waals surface area contributed by atoms with Crippen LogP contribution in [0.1, 0.15) is 18.3 Å². The normalized spacial score (nSPS) is 17.2. The number of aryl methyl sites for hydroxylation is 2. The van der Waals surface area contributed by atoms with Gasteiger partial charge < -0.3 is 19.9 Å². The van der Waals surface area contributed by atoms with Gasteiger partial charge in [-0.15, -0.1) is 12.4 Å². The molecule has 130 valence electrons. The molecule has 0 saturated carbocycles. The van der Waals surface area contributed by atoms with Crippen LogP contribution in [0.25, 0.3) is 11.5 Å². The average Bonchev–Trinajstić information content (AvgIpc) is 3.07. The number of aromatic nitrogens is 2. The number of nitrogens with one attached hydrogen (secondary N) is 2. The molecular weight excluding hydrogens is 332 g/mol. The highest BCUT2D eigenvalue weighted by molar-refractivity contribution is 5.96. The van der Waals surface area contributed by atoms with Crippen LogP contribution in [0.2, 0.25) is 0 Å². The predicted octanol–water partition coefficient (Wildman–Crippen LogP) is 1.96. The number of carbonyl (C=O) groups is 1. The number of ether oxygens (including phenoxy) is 1. The molecule has 1 amide bonds. The highest BCUT2D eigenvalue weighted by Gasteiger charge is 2.22. The van der Waals surface area contributed by atoms with Crippen molar-refractivity contribution in [3.63, 3.8) is 0 Å². The van der Waals surface area contributed by atoms with Crippen molar-refractivity contribution in [1.82, 2.24) is 15.5 Å². The molecule has 1 aliphatic heterocycles. The Labute approximate surface area is 146 Å². The van der Waals surface area contributed by atoms with Crippen molar-refractivity contribution in [2.75, 3.05) is 25.1 Å². The van der Waals surface area contributed by atoms with E-state index in [1.54, 1.807) is 0 Å². The van der Waals surface area contributed by atoms with Crippen molar-refractivity contribution in [2.24, 2.45) is 0 Å². The van der Waals surface area contributed by atoms with Gasteiger partial charge in [-0.05, 0) is 24.6 Å². The number of benzene rings is 1. The Balaban J connectivity index is 0.00000208. The summed E-state index contributed by atoms with van der Waals surface area (Å²) in [5, 5.41) is 9.98. The van der Waals surface area contributed by atoms with Crippen LogP contribution >= 0.6 is 12.4 Å². The summed E-state index contributed by atoms with van der Waals surface area (Å²) in [4.78, 5) is 16.6. The number of rotatable bonds is 4. The SMILES string of the molecule is CCc1noc(-c2ccc(C)c(NC(=O)C3COCCN3)c2)n1.Cl. The van der Waals surface area contributed by atoms with E-state index in [0.717, 1.165) is 16.8 Å². The minimum absolute atomic E-state index is 0. The van der Waals surface area contributed by atoms with E-state index >= 15 is 0 Å². The van der Waals surface area contributed by atoms with Crippen LogP contribution in [0.3, 0.4) is 0 Å². The zero-order chi connectivity index (χ0) is 16.2. The molecule has 8 heteroatoms. The molecule has 3 rings (SSSR count). The van der Waals surface area contributed by atoms with Gasteiger partial charge in [-0.3, -0.25) is 4.79 Å². The molecule has 2 heterocycles. The Hall–Kier alpha value is -1.96. The molecule has 0 bridgehead atoms. The number of morpholine rings is 1. The van der Waals surface area contributed by atoms with Gasteiger partial charge >= 0.3 is 0 Å². The maximum Gasteiger partial charge on any atom is 0.257 e. The number of carbonyl (C=O) groups excluding carboxylic acids is 1. The third-order valence-corrected chi connectivity index (χ3v) is 3.76. The Morgan fingerprint density at radius 3 is 2.96 bits per heavy atom. The zero-order valence-electron chi connectivity index (χ0n) is 13.7. The fraction of sp³-hybridized carbons (Fsp3) is 0.438. The second kappa shape index (κ2) is 8.23. The predicted molar refractivity (Wildman–Crippen MR) is 92.3 cm³/mol. The van der Waals surface area contributed by atoms with Crippen LogP contribution in [-0.4, -0.2) is 41.8 Å². The largest absolute Gasteiger partial charge is 0.378 e. The van der Waals surface area contributed by atoms with Gasteiger partial charge in [0.05, 0.1) is 13.2 Å². The Morgan fingerprint density at radius 1 is 1.46 bits per heavy atom. The van der Waals surface area contributed by atoms with E-state index in [4.69, 9.17) is 9.26 Å². The monoisotopic (exact) mass is 352 g/mol. The molecule has 1 unspecified atom stereocenters. The first kappa shape index (κ1) is 18.4. The standard InChI is InChI=1S/C16H20N4O3.ClH/c1-3-14-19-16(23-20-14)11-5-4-10(2)12(8-11)18-15(21)13-9-22-7-6-17-13;/h4-5,8,13,17H,3,6-7,9H2,1-2H3,(H,18,21);1H. The minimum atomic E-state index is -0.332. The van der Waals surface area contributed by atoms with E-state index in [1.165, 1.54) is 0 Å². The van der Waals surface area contributed by atoms with Crippen molar-refractivity contribution >= 4 is 24.0 Å². The van der Waals surface area contributed by atoms with Gasteiger partial charge in [0.25, 0.3) is 5.89 Å². The third kappa shape index (κ3) is 4.11. The fourth-order valence-electron chi connectivity index (χ4n) is 2.36. The van der Waals surface area contributed by atoms with E-state index in [0.29, 0.717) is 37.9 Å². The lowest BCUT2D eigenvalue weighted by molar-refractivity contribution is -0.120. The lowest BCUT2D eigenvalue weighted by Crippen LogP contribution is -2.48. The van der Waals surface area contributed by atoms with Crippen molar-refractivity contribution in [3.05, 3.63) is 29.6 Å². The van der Waals surface area contributed by atoms with Gasteiger partial charge in [-0.1, -0.05) is 18.1 Å². The summed E-state index contributed by atoms with van der Waals surface area (Å²) in [6.07, 6.45) is 0.715. The molecule has 0 aliphatic carbocycles. The summed E-state index contributed by atoms with van der Waals surface area (Å²) >= 11 is 0. The van der Waals surface area contributed by atoms with Gasteiger partial charge in [0.1, 0.15) is 6.04 Å². The molecule has 1 aliphatic rings. The summed E-state index contributed by atoms with van der Waals surface area (Å²) in [6, 6.07) is 5.34. The highest BCUT2D eigenvalue weighted by atomic mass is 35.5. The summed E-state index contributed by atoms with van der Waals surface area (Å²) in [7, 11) is 0. The number of anilines is 1. The van der Waals surface area contributed by atoms with E-state index in [2.05, 4.69) is 20.8 Å². The van der Waals surface area contributed by atoms with E-state index in [9.17, 15) is 4.79 Å². The van der Waals surface area contributed by atoms with E-state index in [1.807, 2.05) is 32.0 Å². The number of hydrogen-bond donors (Lipinski definition) is 2. The van der Waals surface area contributed by atoms with Gasteiger partial charge in [0, 0.05) is 24.2 Å². The quantitative estimate of drug-likeness (QED) is 0.874. The zero-order valence-corrected chi connectivity index (χ0v) is 14.5. The van der Waals surface area contributed by atoms with E-state index in [-0.39, 0.29) is 24.4 Å². The van der Waals surface area contributed by atoms with Crippen molar-refractivity contribution < 1.29 is 14.1 Å². The molecule has 7 nitrogen and oxygen atoms in total. The first-order valence-electron chi connectivity index (χ1n) is 7.73. The second-order valence-electron chi connectivity index (χ2n) is 5.47. The molecule has 1 aromatic heterocycles. The fourth-order valence-corrected chi connectivity index (χ4v) is 2.36. The van der Waals surface area contributed by atoms with Crippen molar-refractivity contribution in [1.29, 1.82) is 0 Å². The minimum Gasteiger partial charge on any atom is -0.378 e. The van der Waals surface area contributed by atoms with Gasteiger partial charge in [0.15, 0.2) is 5.82 Å². The molecule has 2 aromatic rings. The highest BCUT2D eigenvalue weighted by Crippen LogP contribution is 2.24. The van der Waals surface area contributed by atoms with Gasteiger partial charge in [0.2, 0.25) is 5.91 Å². The summed E-state index contributed by atoms with van der Waals surface area (Å²) in [5.41, 5.74) is 2.48. The average molecular weight is 353 g/mol. The number of halogens is 1. The second-order valence-corrected chi connectivity index (χ2v) is 5.47. The van der Waals surface area contributed by atoms with Crippen LogP contribution in [-0.2, 0) is 16.0 Å². The Morgan fingerprint density at radius 2 is 2.29 bits per heavy atom. The third-order valence-electron chi connectivity index (χ3n) is 3.76. The van der Waals surface area contributed by atoms with Crippen molar-refractivity contribution in [3.8, 4) is 11.5 Å². The van der Waals surface area contributed by atoms with Gasteiger partial charge in [-0.25, -0.2) is 0 Å². The van der Waals surface area contributed by atoms with E-state index < -0.39 is 0 Å². The molecule has 1 fully saturated rings. The first-order chi connectivity index (χ1) is 11.2. The number of hydrogen-bond acceptors (Lipinski definition) is 6. The molecule has 0 radical (unpaired) electrons. The molecular formula is C16H21ClN4O3. The van der Waals surface area contributed by atoms with Crippen LogP contribution in [0.15, 0.2) is 22.7 Å². The maximum absolute atomic E-state index is 12.3. The van der Waals surface area contributed by atoms with Crippen LogP contribution < -0.4 is 10.6 Å². The number of amides is 1. The van der Waals surface area contributed by atoms with Crippen LogP contribution in [0.4, 0.5) is 5.69 Å². The van der Waals surface area contributed by atoms with Crippen LogP contribution in [0, 0.1) is 6.92 Å². The molecule has 24 heavy (non-hydrogen) atoms. The molecule has 2 N–H and O–H groups in total. The first-order valence-corrected chi connectivity index (χ1v) is 7.73. The topological polar surface area (TPSA) is 89.3 Å². The maximum atomic E-state index is 12.3. The molecule has 1 aromatic carbocycles. The summed E-state index contributed by atoms with van der Waals surface area (Å²) in [5.74, 6) is 1.01. The van der Waals surface area contributed by atoms with Crippen molar-refractivity contribution in [2.45, 2.75) is 26.3 Å². The van der Waals surface area contributed by atoms with Gasteiger partial charge in [-0.2, -0.15) is 4.98 Å². The smallest absolute Gasteiger partial charge is 0.257 e. The molecule has 1 saturated heterocycles. The Kier molecular flexibility index (Phi) is 6.30. The van der Waals surface area contributed by atoms with Crippen LogP contribution in [0.5, 0.6) is 0 Å².